The molecule has 0 radical (unpaired) electrons. The van der Waals surface area contributed by atoms with E-state index in [1.54, 1.807) is 54.6 Å². The average molecular weight is 431 g/mol. The average Bonchev–Trinajstić information content (AvgIpc) is 3.19. The summed E-state index contributed by atoms with van der Waals surface area (Å²) in [6.45, 7) is 1.18. The van der Waals surface area contributed by atoms with Crippen LogP contribution in [0.2, 0.25) is 10.0 Å². The van der Waals surface area contributed by atoms with Crippen molar-refractivity contribution in [3.8, 4) is 17.2 Å². The van der Waals surface area contributed by atoms with Gasteiger partial charge in [0.2, 0.25) is 0 Å². The van der Waals surface area contributed by atoms with E-state index in [-0.39, 0.29) is 12.4 Å². The lowest BCUT2D eigenvalue weighted by atomic mass is 10.1. The molecule has 0 saturated heterocycles. The smallest absolute Gasteiger partial charge is 0.186 e. The van der Waals surface area contributed by atoms with Gasteiger partial charge in [-0.1, -0.05) is 23.2 Å². The Kier molecular flexibility index (Phi) is 5.79. The van der Waals surface area contributed by atoms with Gasteiger partial charge in [0.15, 0.2) is 17.3 Å². The highest BCUT2D eigenvalue weighted by atomic mass is 35.5. The summed E-state index contributed by atoms with van der Waals surface area (Å²) in [5.74, 6) is 2.71. The van der Waals surface area contributed by atoms with Gasteiger partial charge in [0, 0.05) is 10.6 Å². The van der Waals surface area contributed by atoms with Crippen LogP contribution >= 0.6 is 23.2 Å². The summed E-state index contributed by atoms with van der Waals surface area (Å²) in [5.41, 5.74) is 0.512. The lowest BCUT2D eigenvalue weighted by Crippen LogP contribution is -2.15. The second kappa shape index (κ2) is 8.64. The van der Waals surface area contributed by atoms with E-state index in [4.69, 9.17) is 41.8 Å². The van der Waals surface area contributed by atoms with E-state index in [0.29, 0.717) is 57.6 Å². The fourth-order valence-corrected chi connectivity index (χ4v) is 3.22. The number of carbonyl (C=O) groups excluding carboxylic acids is 1. The fraction of sp³-hybridized carbons (Fsp3) is 0.136. The summed E-state index contributed by atoms with van der Waals surface area (Å²) in [5, 5.41) is 0.963. The molecule has 1 aliphatic rings. The lowest BCUT2D eigenvalue weighted by molar-refractivity contribution is 0.104. The van der Waals surface area contributed by atoms with Gasteiger partial charge >= 0.3 is 0 Å². The third-order valence-electron chi connectivity index (χ3n) is 4.17. The van der Waals surface area contributed by atoms with Crippen LogP contribution in [0.1, 0.15) is 21.9 Å². The standard InChI is InChI=1S/C22H16Cl2O5/c23-15-2-8-20(18(24)12-15)28-13-17-4-3-16(29-17)5-6-19(25)14-1-7-21-22(11-14)27-10-9-26-21/h1-8,11-12H,9-10,13H2/b6-5+. The number of fused-ring (bicyclic) bond motifs is 1. The van der Waals surface area contributed by atoms with Crippen LogP contribution in [-0.4, -0.2) is 19.0 Å². The molecule has 1 aromatic heterocycles. The summed E-state index contributed by atoms with van der Waals surface area (Å²) in [4.78, 5) is 12.4. The maximum Gasteiger partial charge on any atom is 0.186 e. The highest BCUT2D eigenvalue weighted by Gasteiger charge is 2.14. The van der Waals surface area contributed by atoms with Crippen LogP contribution in [0.5, 0.6) is 17.2 Å². The first-order chi connectivity index (χ1) is 14.1. The molecule has 0 amide bonds. The van der Waals surface area contributed by atoms with Crippen LogP contribution in [0.15, 0.2) is 59.0 Å². The number of benzene rings is 2. The summed E-state index contributed by atoms with van der Waals surface area (Å²) in [6.07, 6.45) is 3.06. The number of ketones is 1. The highest BCUT2D eigenvalue weighted by Crippen LogP contribution is 2.31. The van der Waals surface area contributed by atoms with Crippen molar-refractivity contribution in [2.75, 3.05) is 13.2 Å². The van der Waals surface area contributed by atoms with Gasteiger partial charge in [-0.15, -0.1) is 0 Å². The Morgan fingerprint density at radius 2 is 1.83 bits per heavy atom. The van der Waals surface area contributed by atoms with Crippen molar-refractivity contribution in [1.82, 2.24) is 0 Å². The lowest BCUT2D eigenvalue weighted by Gasteiger charge is -2.18. The van der Waals surface area contributed by atoms with Gasteiger partial charge in [0.05, 0.1) is 5.02 Å². The van der Waals surface area contributed by atoms with E-state index < -0.39 is 0 Å². The van der Waals surface area contributed by atoms with Gasteiger partial charge in [0.25, 0.3) is 0 Å². The number of hydrogen-bond donors (Lipinski definition) is 0. The second-order valence-corrected chi connectivity index (χ2v) is 7.07. The molecule has 0 N–H and O–H groups in total. The molecule has 29 heavy (non-hydrogen) atoms. The van der Waals surface area contributed by atoms with Crippen molar-refractivity contribution in [2.24, 2.45) is 0 Å². The Balaban J connectivity index is 1.38. The van der Waals surface area contributed by atoms with Crippen LogP contribution in [0.25, 0.3) is 6.08 Å². The molecule has 0 bridgehead atoms. The molecule has 0 unspecified atom stereocenters. The first-order valence-electron chi connectivity index (χ1n) is 8.87. The monoisotopic (exact) mass is 430 g/mol. The fourth-order valence-electron chi connectivity index (χ4n) is 2.75. The molecule has 5 nitrogen and oxygen atoms in total. The molecule has 2 aromatic carbocycles. The van der Waals surface area contributed by atoms with Crippen LogP contribution < -0.4 is 14.2 Å². The molecule has 1 aliphatic heterocycles. The minimum atomic E-state index is -0.163. The van der Waals surface area contributed by atoms with Gasteiger partial charge in [-0.3, -0.25) is 4.79 Å². The number of allylic oxidation sites excluding steroid dienone is 1. The molecular formula is C22H16Cl2O5. The topological polar surface area (TPSA) is 57.9 Å². The zero-order valence-electron chi connectivity index (χ0n) is 15.2. The number of ether oxygens (including phenoxy) is 3. The van der Waals surface area contributed by atoms with E-state index in [1.165, 1.54) is 6.08 Å². The van der Waals surface area contributed by atoms with E-state index in [0.717, 1.165) is 0 Å². The Hall–Kier alpha value is -2.89. The van der Waals surface area contributed by atoms with E-state index in [2.05, 4.69) is 0 Å². The predicted molar refractivity (Wildman–Crippen MR) is 110 cm³/mol. The molecule has 0 atom stereocenters. The van der Waals surface area contributed by atoms with Gasteiger partial charge in [-0.25, -0.2) is 0 Å². The molecule has 7 heteroatoms. The number of halogens is 2. The molecule has 148 valence electrons. The second-order valence-electron chi connectivity index (χ2n) is 6.22. The van der Waals surface area contributed by atoms with Crippen LogP contribution in [0.4, 0.5) is 0 Å². The molecule has 0 aliphatic carbocycles. The van der Waals surface area contributed by atoms with Gasteiger partial charge in [-0.05, 0) is 60.7 Å². The predicted octanol–water partition coefficient (Wildman–Crippen LogP) is 5.83. The Bertz CT molecular complexity index is 1070. The van der Waals surface area contributed by atoms with Crippen LogP contribution in [-0.2, 0) is 6.61 Å². The zero-order valence-corrected chi connectivity index (χ0v) is 16.7. The number of carbonyl (C=O) groups is 1. The first kappa shape index (κ1) is 19.4. The van der Waals surface area contributed by atoms with Gasteiger partial charge < -0.3 is 18.6 Å². The summed E-state index contributed by atoms with van der Waals surface area (Å²) in [7, 11) is 0. The molecule has 0 saturated carbocycles. The SMILES string of the molecule is O=C(/C=C/c1ccc(COc2ccc(Cl)cc2Cl)o1)c1ccc2c(c1)OCCO2. The highest BCUT2D eigenvalue weighted by molar-refractivity contribution is 6.35. The molecule has 4 rings (SSSR count). The van der Waals surface area contributed by atoms with E-state index >= 15 is 0 Å². The van der Waals surface area contributed by atoms with Gasteiger partial charge in [-0.2, -0.15) is 0 Å². The third-order valence-corrected chi connectivity index (χ3v) is 4.70. The minimum absolute atomic E-state index is 0.163. The van der Waals surface area contributed by atoms with Gasteiger partial charge in [0.1, 0.15) is 37.1 Å². The van der Waals surface area contributed by atoms with Crippen molar-refractivity contribution in [2.45, 2.75) is 6.61 Å². The Morgan fingerprint density at radius 3 is 2.66 bits per heavy atom. The summed E-state index contributed by atoms with van der Waals surface area (Å²) >= 11 is 12.0. The summed E-state index contributed by atoms with van der Waals surface area (Å²) < 4.78 is 22.3. The zero-order chi connectivity index (χ0) is 20.2. The third kappa shape index (κ3) is 4.75. The summed E-state index contributed by atoms with van der Waals surface area (Å²) in [6, 6.07) is 13.7. The number of hydrogen-bond acceptors (Lipinski definition) is 5. The van der Waals surface area contributed by atoms with E-state index in [1.807, 2.05) is 0 Å². The van der Waals surface area contributed by atoms with Crippen molar-refractivity contribution in [1.29, 1.82) is 0 Å². The van der Waals surface area contributed by atoms with Crippen molar-refractivity contribution >= 4 is 35.1 Å². The van der Waals surface area contributed by atoms with E-state index in [9.17, 15) is 4.79 Å². The molecule has 0 spiro atoms. The Labute approximate surface area is 177 Å². The number of furan rings is 1. The van der Waals surface area contributed by atoms with Crippen LogP contribution in [0, 0.1) is 0 Å². The quantitative estimate of drug-likeness (QED) is 0.363. The first-order valence-corrected chi connectivity index (χ1v) is 9.63. The number of rotatable bonds is 6. The van der Waals surface area contributed by atoms with Crippen molar-refractivity contribution in [3.63, 3.8) is 0 Å². The normalized spacial score (nSPS) is 12.9. The molecule has 2 heterocycles. The minimum Gasteiger partial charge on any atom is -0.486 e. The maximum absolute atomic E-state index is 12.4. The molecule has 3 aromatic rings. The van der Waals surface area contributed by atoms with Crippen molar-refractivity contribution < 1.29 is 23.4 Å². The Morgan fingerprint density at radius 1 is 1.00 bits per heavy atom. The maximum atomic E-state index is 12.4. The molecule has 0 fully saturated rings. The largest absolute Gasteiger partial charge is 0.486 e. The molecular weight excluding hydrogens is 415 g/mol. The van der Waals surface area contributed by atoms with Crippen molar-refractivity contribution in [3.05, 3.63) is 81.7 Å². The van der Waals surface area contributed by atoms with Crippen LogP contribution in [0.3, 0.4) is 0 Å².